The van der Waals surface area contributed by atoms with E-state index in [-0.39, 0.29) is 18.0 Å². The standard InChI is InChI=1S/C15H27N3O2/c1-11(2)8-15(6-3-7-15)10-17-14(20)18-12-4-5-13(19)16-9-12/h11-12H,3-10H2,1-2H3,(H,16,19)(H2,17,18,20)/t12-/m0/s1. The third-order valence-electron chi connectivity index (χ3n) is 4.48. The number of hydrogen-bond acceptors (Lipinski definition) is 2. The van der Waals surface area contributed by atoms with Gasteiger partial charge >= 0.3 is 6.03 Å². The van der Waals surface area contributed by atoms with Crippen LogP contribution in [0.1, 0.15) is 52.4 Å². The van der Waals surface area contributed by atoms with Gasteiger partial charge in [-0.05, 0) is 37.0 Å². The van der Waals surface area contributed by atoms with E-state index in [1.807, 2.05) is 0 Å². The first-order valence-corrected chi connectivity index (χ1v) is 7.80. The highest BCUT2D eigenvalue weighted by Crippen LogP contribution is 2.45. The van der Waals surface area contributed by atoms with Crippen molar-refractivity contribution in [1.29, 1.82) is 0 Å². The summed E-state index contributed by atoms with van der Waals surface area (Å²) in [4.78, 5) is 23.0. The Balaban J connectivity index is 1.70. The lowest BCUT2D eigenvalue weighted by Crippen LogP contribution is -2.52. The molecule has 5 nitrogen and oxygen atoms in total. The van der Waals surface area contributed by atoms with Crippen LogP contribution in [-0.4, -0.2) is 31.1 Å². The van der Waals surface area contributed by atoms with Gasteiger partial charge in [-0.15, -0.1) is 0 Å². The van der Waals surface area contributed by atoms with Gasteiger partial charge in [0.05, 0.1) is 0 Å². The van der Waals surface area contributed by atoms with Crippen molar-refractivity contribution < 1.29 is 9.59 Å². The molecule has 1 atom stereocenters. The van der Waals surface area contributed by atoms with Gasteiger partial charge < -0.3 is 16.0 Å². The van der Waals surface area contributed by atoms with E-state index in [4.69, 9.17) is 0 Å². The van der Waals surface area contributed by atoms with Crippen molar-refractivity contribution in [3.05, 3.63) is 0 Å². The van der Waals surface area contributed by atoms with E-state index in [1.165, 1.54) is 25.7 Å². The van der Waals surface area contributed by atoms with Crippen LogP contribution in [0.15, 0.2) is 0 Å². The summed E-state index contributed by atoms with van der Waals surface area (Å²) < 4.78 is 0. The van der Waals surface area contributed by atoms with Crippen molar-refractivity contribution >= 4 is 11.9 Å². The summed E-state index contributed by atoms with van der Waals surface area (Å²) in [6, 6.07) is -0.0312. The number of amides is 3. The van der Waals surface area contributed by atoms with Crippen LogP contribution in [0.5, 0.6) is 0 Å². The van der Waals surface area contributed by atoms with Gasteiger partial charge in [0.1, 0.15) is 0 Å². The first-order chi connectivity index (χ1) is 9.49. The van der Waals surface area contributed by atoms with E-state index >= 15 is 0 Å². The quantitative estimate of drug-likeness (QED) is 0.719. The zero-order chi connectivity index (χ0) is 14.6. The smallest absolute Gasteiger partial charge is 0.315 e. The topological polar surface area (TPSA) is 70.2 Å². The Bertz CT molecular complexity index is 354. The number of urea groups is 1. The van der Waals surface area contributed by atoms with Crippen molar-refractivity contribution in [2.45, 2.75) is 58.4 Å². The molecule has 0 bridgehead atoms. The summed E-state index contributed by atoms with van der Waals surface area (Å²) >= 11 is 0. The molecule has 5 heteroatoms. The Morgan fingerprint density at radius 2 is 2.20 bits per heavy atom. The minimum absolute atomic E-state index is 0.0649. The minimum Gasteiger partial charge on any atom is -0.354 e. The predicted octanol–water partition coefficient (Wildman–Crippen LogP) is 1.78. The first-order valence-electron chi connectivity index (χ1n) is 7.80. The fourth-order valence-corrected chi connectivity index (χ4v) is 3.36. The van der Waals surface area contributed by atoms with Crippen molar-refractivity contribution in [3.8, 4) is 0 Å². The van der Waals surface area contributed by atoms with E-state index < -0.39 is 0 Å². The summed E-state index contributed by atoms with van der Waals surface area (Å²) in [5.74, 6) is 0.752. The van der Waals surface area contributed by atoms with Gasteiger partial charge in [0.2, 0.25) is 5.91 Å². The molecule has 0 aromatic carbocycles. The van der Waals surface area contributed by atoms with Crippen LogP contribution in [0.3, 0.4) is 0 Å². The van der Waals surface area contributed by atoms with Crippen LogP contribution in [0.25, 0.3) is 0 Å². The summed E-state index contributed by atoms with van der Waals surface area (Å²) in [6.45, 7) is 5.80. The largest absolute Gasteiger partial charge is 0.354 e. The fourth-order valence-electron chi connectivity index (χ4n) is 3.36. The molecule has 1 aliphatic heterocycles. The van der Waals surface area contributed by atoms with E-state index in [1.54, 1.807) is 0 Å². The second kappa shape index (κ2) is 6.46. The Morgan fingerprint density at radius 1 is 1.45 bits per heavy atom. The molecular weight excluding hydrogens is 254 g/mol. The van der Waals surface area contributed by atoms with E-state index in [2.05, 4.69) is 29.8 Å². The van der Waals surface area contributed by atoms with Crippen molar-refractivity contribution in [1.82, 2.24) is 16.0 Å². The van der Waals surface area contributed by atoms with Crippen LogP contribution >= 0.6 is 0 Å². The van der Waals surface area contributed by atoms with Crippen LogP contribution in [-0.2, 0) is 4.79 Å². The molecule has 114 valence electrons. The maximum atomic E-state index is 11.9. The van der Waals surface area contributed by atoms with Gasteiger partial charge in [-0.2, -0.15) is 0 Å². The molecule has 0 radical (unpaired) electrons. The highest BCUT2D eigenvalue weighted by Gasteiger charge is 2.37. The normalized spacial score (nSPS) is 24.8. The van der Waals surface area contributed by atoms with E-state index in [0.29, 0.717) is 24.3 Å². The summed E-state index contributed by atoms with van der Waals surface area (Å²) in [7, 11) is 0. The molecule has 0 aromatic rings. The zero-order valence-corrected chi connectivity index (χ0v) is 12.6. The van der Waals surface area contributed by atoms with E-state index in [0.717, 1.165) is 13.0 Å². The number of carbonyl (C=O) groups is 2. The number of hydrogen-bond donors (Lipinski definition) is 3. The maximum absolute atomic E-state index is 11.9. The van der Waals surface area contributed by atoms with Crippen molar-refractivity contribution in [2.75, 3.05) is 13.1 Å². The highest BCUT2D eigenvalue weighted by atomic mass is 16.2. The molecule has 1 saturated heterocycles. The third kappa shape index (κ3) is 4.12. The first kappa shape index (κ1) is 15.1. The summed E-state index contributed by atoms with van der Waals surface area (Å²) in [5, 5.41) is 8.75. The second-order valence-electron chi connectivity index (χ2n) is 6.82. The molecule has 1 aliphatic carbocycles. The Morgan fingerprint density at radius 3 is 2.70 bits per heavy atom. The molecular formula is C15H27N3O2. The second-order valence-corrected chi connectivity index (χ2v) is 6.82. The highest BCUT2D eigenvalue weighted by molar-refractivity contribution is 5.78. The molecule has 0 aromatic heterocycles. The predicted molar refractivity (Wildman–Crippen MR) is 78.3 cm³/mol. The van der Waals surface area contributed by atoms with Gasteiger partial charge in [0, 0.05) is 25.6 Å². The molecule has 2 rings (SSSR count). The SMILES string of the molecule is CC(C)CC1(CNC(=O)N[C@H]2CCC(=O)NC2)CCC1. The summed E-state index contributed by atoms with van der Waals surface area (Å²) in [5.41, 5.74) is 0.326. The average molecular weight is 281 g/mol. The molecule has 1 saturated carbocycles. The Kier molecular flexibility index (Phi) is 4.89. The molecule has 2 aliphatic rings. The molecule has 1 heterocycles. The number of piperidine rings is 1. The fraction of sp³-hybridized carbons (Fsp3) is 0.867. The molecule has 3 N–H and O–H groups in total. The van der Waals surface area contributed by atoms with Gasteiger partial charge in [0.25, 0.3) is 0 Å². The lowest BCUT2D eigenvalue weighted by atomic mass is 9.64. The number of rotatable bonds is 5. The monoisotopic (exact) mass is 281 g/mol. The van der Waals surface area contributed by atoms with Gasteiger partial charge in [-0.3, -0.25) is 4.79 Å². The van der Waals surface area contributed by atoms with Gasteiger partial charge in [-0.1, -0.05) is 20.3 Å². The zero-order valence-electron chi connectivity index (χ0n) is 12.6. The van der Waals surface area contributed by atoms with Crippen LogP contribution in [0.4, 0.5) is 4.79 Å². The van der Waals surface area contributed by atoms with Crippen molar-refractivity contribution in [3.63, 3.8) is 0 Å². The third-order valence-corrected chi connectivity index (χ3v) is 4.48. The number of carbonyl (C=O) groups excluding carboxylic acids is 2. The Hall–Kier alpha value is -1.26. The van der Waals surface area contributed by atoms with Crippen LogP contribution in [0, 0.1) is 11.3 Å². The van der Waals surface area contributed by atoms with Crippen LogP contribution < -0.4 is 16.0 Å². The van der Waals surface area contributed by atoms with Crippen LogP contribution in [0.2, 0.25) is 0 Å². The molecule has 20 heavy (non-hydrogen) atoms. The molecule has 2 fully saturated rings. The van der Waals surface area contributed by atoms with Crippen molar-refractivity contribution in [2.24, 2.45) is 11.3 Å². The van der Waals surface area contributed by atoms with Gasteiger partial charge in [-0.25, -0.2) is 4.79 Å². The molecule has 0 spiro atoms. The van der Waals surface area contributed by atoms with E-state index in [9.17, 15) is 9.59 Å². The maximum Gasteiger partial charge on any atom is 0.315 e. The molecule has 3 amide bonds. The average Bonchev–Trinajstić information content (AvgIpc) is 2.35. The lowest BCUT2D eigenvalue weighted by Gasteiger charge is -2.43. The van der Waals surface area contributed by atoms with Gasteiger partial charge in [0.15, 0.2) is 0 Å². The Labute approximate surface area is 121 Å². The number of nitrogens with one attached hydrogen (secondary N) is 3. The summed E-state index contributed by atoms with van der Waals surface area (Å²) in [6.07, 6.45) is 6.16. The minimum atomic E-state index is -0.0961. The molecule has 0 unspecified atom stereocenters. The lowest BCUT2D eigenvalue weighted by molar-refractivity contribution is -0.122.